The summed E-state index contributed by atoms with van der Waals surface area (Å²) in [5, 5.41) is 1.06. The largest absolute Gasteiger partial charge is 0.347 e. The van der Waals surface area contributed by atoms with E-state index >= 15 is 0 Å². The zero-order chi connectivity index (χ0) is 15.6. The molecule has 1 amide bonds. The third-order valence-corrected chi connectivity index (χ3v) is 4.70. The average molecular weight is 342 g/mol. The molecule has 2 aliphatic rings. The van der Waals surface area contributed by atoms with Crippen molar-refractivity contribution in [1.82, 2.24) is 4.90 Å². The molecule has 0 aromatic heterocycles. The van der Waals surface area contributed by atoms with Crippen molar-refractivity contribution in [2.24, 2.45) is 0 Å². The number of halogens is 2. The van der Waals surface area contributed by atoms with Crippen molar-refractivity contribution < 1.29 is 14.3 Å². The normalized spacial score (nSPS) is 20.9. The monoisotopic (exact) mass is 341 g/mol. The smallest absolute Gasteiger partial charge is 0.246 e. The Bertz CT molecular complexity index is 567. The van der Waals surface area contributed by atoms with Crippen LogP contribution in [0.1, 0.15) is 18.4 Å². The van der Waals surface area contributed by atoms with E-state index in [-0.39, 0.29) is 5.91 Å². The lowest BCUT2D eigenvalue weighted by Crippen LogP contribution is -2.46. The highest BCUT2D eigenvalue weighted by molar-refractivity contribution is 6.37. The number of hydrogen-bond acceptors (Lipinski definition) is 3. The minimum Gasteiger partial charge on any atom is -0.347 e. The van der Waals surface area contributed by atoms with Gasteiger partial charge in [0.05, 0.1) is 13.2 Å². The molecule has 0 bridgehead atoms. The second kappa shape index (κ2) is 6.59. The van der Waals surface area contributed by atoms with Crippen molar-refractivity contribution >= 4 is 35.2 Å². The van der Waals surface area contributed by atoms with Gasteiger partial charge in [0.25, 0.3) is 0 Å². The molecule has 118 valence electrons. The van der Waals surface area contributed by atoms with E-state index in [0.29, 0.717) is 54.8 Å². The van der Waals surface area contributed by atoms with Crippen LogP contribution in [-0.4, -0.2) is 42.9 Å². The predicted molar refractivity (Wildman–Crippen MR) is 85.9 cm³/mol. The van der Waals surface area contributed by atoms with Crippen molar-refractivity contribution in [2.45, 2.75) is 18.6 Å². The molecule has 2 heterocycles. The lowest BCUT2D eigenvalue weighted by atomic mass is 10.0. The summed E-state index contributed by atoms with van der Waals surface area (Å²) in [6.45, 7) is 2.52. The Kier molecular flexibility index (Phi) is 4.73. The molecule has 2 fully saturated rings. The van der Waals surface area contributed by atoms with Crippen molar-refractivity contribution in [3.05, 3.63) is 39.9 Å². The Balaban J connectivity index is 1.62. The molecule has 0 radical (unpaired) electrons. The van der Waals surface area contributed by atoms with Crippen molar-refractivity contribution in [3.8, 4) is 0 Å². The number of piperidine rings is 1. The molecule has 0 N–H and O–H groups in total. The van der Waals surface area contributed by atoms with Crippen LogP contribution in [0.3, 0.4) is 0 Å². The van der Waals surface area contributed by atoms with E-state index in [1.807, 2.05) is 0 Å². The maximum atomic E-state index is 12.3. The highest BCUT2D eigenvalue weighted by Gasteiger charge is 2.40. The Morgan fingerprint density at radius 1 is 1.14 bits per heavy atom. The van der Waals surface area contributed by atoms with E-state index in [1.54, 1.807) is 29.2 Å². The first-order valence-electron chi connectivity index (χ1n) is 7.29. The van der Waals surface area contributed by atoms with E-state index in [4.69, 9.17) is 32.7 Å². The molecule has 2 saturated heterocycles. The van der Waals surface area contributed by atoms with E-state index in [0.717, 1.165) is 0 Å². The molecule has 3 rings (SSSR count). The van der Waals surface area contributed by atoms with Crippen LogP contribution in [0.2, 0.25) is 10.0 Å². The number of nitrogens with zero attached hydrogens (tertiary/aromatic N) is 1. The van der Waals surface area contributed by atoms with Gasteiger partial charge < -0.3 is 14.4 Å². The minimum atomic E-state index is -0.466. The third-order valence-electron chi connectivity index (χ3n) is 4.04. The Labute approximate surface area is 139 Å². The van der Waals surface area contributed by atoms with Crippen molar-refractivity contribution in [3.63, 3.8) is 0 Å². The predicted octanol–water partition coefficient (Wildman–Crippen LogP) is 3.37. The molecule has 0 atom stereocenters. The third kappa shape index (κ3) is 3.30. The molecule has 4 nitrogen and oxygen atoms in total. The van der Waals surface area contributed by atoms with Gasteiger partial charge in [0.15, 0.2) is 5.79 Å². The van der Waals surface area contributed by atoms with Crippen LogP contribution in [0.25, 0.3) is 6.08 Å². The molecule has 2 aliphatic heterocycles. The summed E-state index contributed by atoms with van der Waals surface area (Å²) in [5.41, 5.74) is 0.662. The van der Waals surface area contributed by atoms with Crippen LogP contribution in [0.15, 0.2) is 24.3 Å². The highest BCUT2D eigenvalue weighted by atomic mass is 35.5. The number of rotatable bonds is 2. The van der Waals surface area contributed by atoms with Crippen molar-refractivity contribution in [1.29, 1.82) is 0 Å². The summed E-state index contributed by atoms with van der Waals surface area (Å²) < 4.78 is 11.3. The first-order chi connectivity index (χ1) is 10.6. The maximum Gasteiger partial charge on any atom is 0.246 e. The van der Waals surface area contributed by atoms with Crippen LogP contribution < -0.4 is 0 Å². The van der Waals surface area contributed by atoms with Gasteiger partial charge in [-0.15, -0.1) is 0 Å². The van der Waals surface area contributed by atoms with Gasteiger partial charge in [0.1, 0.15) is 0 Å². The molecule has 0 aliphatic carbocycles. The average Bonchev–Trinajstić information content (AvgIpc) is 2.95. The fraction of sp³-hybridized carbons (Fsp3) is 0.438. The Morgan fingerprint density at radius 3 is 2.32 bits per heavy atom. The molecule has 1 aromatic rings. The molecule has 6 heteroatoms. The van der Waals surface area contributed by atoms with Gasteiger partial charge in [-0.05, 0) is 18.2 Å². The fourth-order valence-electron chi connectivity index (χ4n) is 2.78. The SMILES string of the molecule is O=C(/C=C/c1c(Cl)cccc1Cl)N1CCC2(CC1)OCCO2. The zero-order valence-corrected chi connectivity index (χ0v) is 13.6. The summed E-state index contributed by atoms with van der Waals surface area (Å²) >= 11 is 12.2. The lowest BCUT2D eigenvalue weighted by molar-refractivity contribution is -0.186. The van der Waals surface area contributed by atoms with E-state index in [2.05, 4.69) is 0 Å². The number of likely N-dealkylation sites (tertiary alicyclic amines) is 1. The molecule has 1 aromatic carbocycles. The number of carbonyl (C=O) groups is 1. The second-order valence-corrected chi connectivity index (χ2v) is 6.22. The van der Waals surface area contributed by atoms with Gasteiger partial charge in [-0.1, -0.05) is 29.3 Å². The first kappa shape index (κ1) is 15.8. The number of carbonyl (C=O) groups excluding carboxylic acids is 1. The maximum absolute atomic E-state index is 12.3. The summed E-state index contributed by atoms with van der Waals surface area (Å²) in [7, 11) is 0. The summed E-state index contributed by atoms with van der Waals surface area (Å²) in [6.07, 6.45) is 4.60. The number of benzene rings is 1. The van der Waals surface area contributed by atoms with Crippen LogP contribution >= 0.6 is 23.2 Å². The van der Waals surface area contributed by atoms with Crippen LogP contribution in [0.4, 0.5) is 0 Å². The standard InChI is InChI=1S/C16H17Cl2NO3/c17-13-2-1-3-14(18)12(13)4-5-15(20)19-8-6-16(7-9-19)21-10-11-22-16/h1-5H,6-11H2/b5-4+. The van der Waals surface area contributed by atoms with E-state index in [1.165, 1.54) is 6.08 Å². The second-order valence-electron chi connectivity index (χ2n) is 5.40. The number of amides is 1. The summed E-state index contributed by atoms with van der Waals surface area (Å²) in [4.78, 5) is 14.1. The van der Waals surface area contributed by atoms with E-state index < -0.39 is 5.79 Å². The molecule has 22 heavy (non-hydrogen) atoms. The quantitative estimate of drug-likeness (QED) is 0.774. The van der Waals surface area contributed by atoms with Crippen LogP contribution in [-0.2, 0) is 14.3 Å². The zero-order valence-electron chi connectivity index (χ0n) is 12.1. The van der Waals surface area contributed by atoms with Gasteiger partial charge in [-0.2, -0.15) is 0 Å². The van der Waals surface area contributed by atoms with Crippen molar-refractivity contribution in [2.75, 3.05) is 26.3 Å². The minimum absolute atomic E-state index is 0.0520. The number of ether oxygens (including phenoxy) is 2. The van der Waals surface area contributed by atoms with Gasteiger partial charge >= 0.3 is 0 Å². The van der Waals surface area contributed by atoms with Gasteiger partial charge in [-0.25, -0.2) is 0 Å². The lowest BCUT2D eigenvalue weighted by Gasteiger charge is -2.37. The molecule has 1 spiro atoms. The summed E-state index contributed by atoms with van der Waals surface area (Å²) in [5.74, 6) is -0.518. The first-order valence-corrected chi connectivity index (χ1v) is 8.04. The summed E-state index contributed by atoms with van der Waals surface area (Å²) in [6, 6.07) is 5.27. The fourth-order valence-corrected chi connectivity index (χ4v) is 3.31. The molecular weight excluding hydrogens is 325 g/mol. The van der Waals surface area contributed by atoms with Gasteiger partial charge in [0, 0.05) is 47.6 Å². The Hall–Kier alpha value is -1.07. The Morgan fingerprint density at radius 2 is 1.73 bits per heavy atom. The highest BCUT2D eigenvalue weighted by Crippen LogP contribution is 2.31. The van der Waals surface area contributed by atoms with Gasteiger partial charge in [-0.3, -0.25) is 4.79 Å². The van der Waals surface area contributed by atoms with Crippen LogP contribution in [0.5, 0.6) is 0 Å². The molecule has 0 saturated carbocycles. The van der Waals surface area contributed by atoms with Gasteiger partial charge in [0.2, 0.25) is 5.91 Å². The molecular formula is C16H17Cl2NO3. The van der Waals surface area contributed by atoms with Crippen LogP contribution in [0, 0.1) is 0 Å². The molecule has 0 unspecified atom stereocenters. The number of hydrogen-bond donors (Lipinski definition) is 0. The van der Waals surface area contributed by atoms with E-state index in [9.17, 15) is 4.79 Å². The topological polar surface area (TPSA) is 38.8 Å².